The highest BCUT2D eigenvalue weighted by atomic mass is 16.5. The lowest BCUT2D eigenvalue weighted by Gasteiger charge is -2.15. The van der Waals surface area contributed by atoms with E-state index in [0.29, 0.717) is 6.61 Å². The largest absolute Gasteiger partial charge is 0.493 e. The van der Waals surface area contributed by atoms with Gasteiger partial charge in [0.1, 0.15) is 6.61 Å². The molecule has 134 valence electrons. The quantitative estimate of drug-likeness (QED) is 0.792. The van der Waals surface area contributed by atoms with Crippen LogP contribution in [0.15, 0.2) is 42.5 Å². The van der Waals surface area contributed by atoms with Crippen molar-refractivity contribution in [3.63, 3.8) is 0 Å². The van der Waals surface area contributed by atoms with E-state index in [2.05, 4.69) is 42.6 Å². The molecule has 0 bridgehead atoms. The van der Waals surface area contributed by atoms with Gasteiger partial charge in [-0.25, -0.2) is 0 Å². The van der Waals surface area contributed by atoms with Crippen molar-refractivity contribution in [2.45, 2.75) is 39.0 Å². The van der Waals surface area contributed by atoms with Crippen molar-refractivity contribution in [1.29, 1.82) is 0 Å². The summed E-state index contributed by atoms with van der Waals surface area (Å²) in [6, 6.07) is 14.7. The second kappa shape index (κ2) is 8.88. The number of rotatable bonds is 8. The molecule has 0 amide bonds. The van der Waals surface area contributed by atoms with Crippen LogP contribution in [-0.2, 0) is 17.8 Å². The Labute approximate surface area is 150 Å². The third kappa shape index (κ3) is 5.21. The van der Waals surface area contributed by atoms with Crippen molar-refractivity contribution in [2.24, 2.45) is 0 Å². The van der Waals surface area contributed by atoms with E-state index < -0.39 is 0 Å². The van der Waals surface area contributed by atoms with E-state index in [1.165, 1.54) is 16.7 Å². The number of aryl methyl sites for hydroxylation is 1. The van der Waals surface area contributed by atoms with Crippen molar-refractivity contribution in [2.75, 3.05) is 20.3 Å². The molecule has 4 nitrogen and oxygen atoms in total. The highest BCUT2D eigenvalue weighted by Gasteiger charge is 2.17. The lowest BCUT2D eigenvalue weighted by Crippen LogP contribution is -2.16. The molecule has 0 aliphatic carbocycles. The SMILES string of the molecule is COc1cc(CNCc2cccc(C)c2)ccc1OCC1CCCO1. The van der Waals surface area contributed by atoms with Gasteiger partial charge in [-0.2, -0.15) is 0 Å². The van der Waals surface area contributed by atoms with E-state index in [-0.39, 0.29) is 6.10 Å². The van der Waals surface area contributed by atoms with Crippen LogP contribution in [0.1, 0.15) is 29.5 Å². The van der Waals surface area contributed by atoms with E-state index in [0.717, 1.165) is 44.0 Å². The summed E-state index contributed by atoms with van der Waals surface area (Å²) < 4.78 is 17.0. The lowest BCUT2D eigenvalue weighted by atomic mass is 10.1. The monoisotopic (exact) mass is 341 g/mol. The second-order valence-electron chi connectivity index (χ2n) is 6.52. The van der Waals surface area contributed by atoms with Gasteiger partial charge in [-0.05, 0) is 43.0 Å². The van der Waals surface area contributed by atoms with E-state index in [9.17, 15) is 0 Å². The molecule has 1 fully saturated rings. The molecule has 0 radical (unpaired) electrons. The van der Waals surface area contributed by atoms with Crippen molar-refractivity contribution in [3.8, 4) is 11.5 Å². The summed E-state index contributed by atoms with van der Waals surface area (Å²) >= 11 is 0. The summed E-state index contributed by atoms with van der Waals surface area (Å²) in [5, 5.41) is 3.48. The van der Waals surface area contributed by atoms with Gasteiger partial charge in [0.05, 0.1) is 13.2 Å². The third-order valence-electron chi connectivity index (χ3n) is 4.42. The topological polar surface area (TPSA) is 39.7 Å². The first-order valence-electron chi connectivity index (χ1n) is 8.92. The molecule has 1 unspecified atom stereocenters. The fourth-order valence-electron chi connectivity index (χ4n) is 3.07. The van der Waals surface area contributed by atoms with Gasteiger partial charge in [0, 0.05) is 19.7 Å². The maximum Gasteiger partial charge on any atom is 0.161 e. The maximum atomic E-state index is 5.88. The Morgan fingerprint density at radius 3 is 2.64 bits per heavy atom. The van der Waals surface area contributed by atoms with Gasteiger partial charge in [-0.3, -0.25) is 0 Å². The Bertz CT molecular complexity index is 681. The zero-order valence-electron chi connectivity index (χ0n) is 15.1. The average molecular weight is 341 g/mol. The average Bonchev–Trinajstić information content (AvgIpc) is 3.14. The van der Waals surface area contributed by atoms with Crippen LogP contribution in [0.3, 0.4) is 0 Å². The number of ether oxygens (including phenoxy) is 3. The van der Waals surface area contributed by atoms with Crippen LogP contribution in [0.4, 0.5) is 0 Å². The van der Waals surface area contributed by atoms with Gasteiger partial charge in [0.15, 0.2) is 11.5 Å². The molecule has 2 aromatic carbocycles. The molecule has 1 aliphatic rings. The van der Waals surface area contributed by atoms with E-state index in [1.54, 1.807) is 7.11 Å². The fraction of sp³-hybridized carbons (Fsp3) is 0.429. The smallest absolute Gasteiger partial charge is 0.161 e. The normalized spacial score (nSPS) is 16.8. The molecule has 1 aliphatic heterocycles. The molecule has 0 aromatic heterocycles. The zero-order chi connectivity index (χ0) is 17.5. The van der Waals surface area contributed by atoms with Gasteiger partial charge in [-0.15, -0.1) is 0 Å². The number of hydrogen-bond donors (Lipinski definition) is 1. The van der Waals surface area contributed by atoms with E-state index in [1.807, 2.05) is 12.1 Å². The van der Waals surface area contributed by atoms with Crippen LogP contribution < -0.4 is 14.8 Å². The molecule has 0 saturated carbocycles. The summed E-state index contributed by atoms with van der Waals surface area (Å²) in [5.41, 5.74) is 3.76. The molecule has 3 rings (SSSR count). The molecule has 1 N–H and O–H groups in total. The third-order valence-corrected chi connectivity index (χ3v) is 4.42. The summed E-state index contributed by atoms with van der Waals surface area (Å²) in [6.45, 7) is 5.18. The molecule has 4 heteroatoms. The minimum atomic E-state index is 0.209. The highest BCUT2D eigenvalue weighted by molar-refractivity contribution is 5.43. The van der Waals surface area contributed by atoms with Crippen LogP contribution in [0.5, 0.6) is 11.5 Å². The Kier molecular flexibility index (Phi) is 6.31. The first-order valence-corrected chi connectivity index (χ1v) is 8.92. The Morgan fingerprint density at radius 1 is 1.08 bits per heavy atom. The van der Waals surface area contributed by atoms with Crippen LogP contribution in [0, 0.1) is 6.92 Å². The van der Waals surface area contributed by atoms with Gasteiger partial charge < -0.3 is 19.5 Å². The molecule has 25 heavy (non-hydrogen) atoms. The first kappa shape index (κ1) is 17.8. The second-order valence-corrected chi connectivity index (χ2v) is 6.52. The summed E-state index contributed by atoms with van der Waals surface area (Å²) in [7, 11) is 1.68. The Hall–Kier alpha value is -2.04. The predicted octanol–water partition coefficient (Wildman–Crippen LogP) is 3.85. The van der Waals surface area contributed by atoms with Gasteiger partial charge in [-0.1, -0.05) is 35.9 Å². The summed E-state index contributed by atoms with van der Waals surface area (Å²) in [5.74, 6) is 1.55. The van der Waals surface area contributed by atoms with Gasteiger partial charge in [0.2, 0.25) is 0 Å². The van der Waals surface area contributed by atoms with Crippen molar-refractivity contribution in [3.05, 3.63) is 59.2 Å². The summed E-state index contributed by atoms with van der Waals surface area (Å²) in [6.07, 6.45) is 2.40. The zero-order valence-corrected chi connectivity index (χ0v) is 15.1. The minimum Gasteiger partial charge on any atom is -0.493 e. The Balaban J connectivity index is 1.53. The molecule has 2 aromatic rings. The molecule has 1 saturated heterocycles. The summed E-state index contributed by atoms with van der Waals surface area (Å²) in [4.78, 5) is 0. The molecule has 1 atom stereocenters. The predicted molar refractivity (Wildman–Crippen MR) is 99.2 cm³/mol. The molecular weight excluding hydrogens is 314 g/mol. The highest BCUT2D eigenvalue weighted by Crippen LogP contribution is 2.29. The van der Waals surface area contributed by atoms with E-state index in [4.69, 9.17) is 14.2 Å². The van der Waals surface area contributed by atoms with Crippen LogP contribution >= 0.6 is 0 Å². The van der Waals surface area contributed by atoms with Gasteiger partial charge >= 0.3 is 0 Å². The molecule has 1 heterocycles. The number of benzene rings is 2. The van der Waals surface area contributed by atoms with Gasteiger partial charge in [0.25, 0.3) is 0 Å². The molecular formula is C21H27NO3. The van der Waals surface area contributed by atoms with Crippen LogP contribution in [-0.4, -0.2) is 26.4 Å². The maximum absolute atomic E-state index is 5.88. The van der Waals surface area contributed by atoms with Crippen LogP contribution in [0.25, 0.3) is 0 Å². The number of hydrogen-bond acceptors (Lipinski definition) is 4. The van der Waals surface area contributed by atoms with Crippen molar-refractivity contribution >= 4 is 0 Å². The van der Waals surface area contributed by atoms with Crippen LogP contribution in [0.2, 0.25) is 0 Å². The standard InChI is InChI=1S/C21H27NO3/c1-16-5-3-6-17(11-16)13-22-14-18-8-9-20(21(12-18)23-2)25-15-19-7-4-10-24-19/h3,5-6,8-9,11-12,19,22H,4,7,10,13-15H2,1-2H3. The number of nitrogens with one attached hydrogen (secondary N) is 1. The van der Waals surface area contributed by atoms with E-state index >= 15 is 0 Å². The van der Waals surface area contributed by atoms with Crippen molar-refractivity contribution in [1.82, 2.24) is 5.32 Å². The fourth-order valence-corrected chi connectivity index (χ4v) is 3.07. The lowest BCUT2D eigenvalue weighted by molar-refractivity contribution is 0.0669. The van der Waals surface area contributed by atoms with Crippen molar-refractivity contribution < 1.29 is 14.2 Å². The minimum absolute atomic E-state index is 0.209. The first-order chi connectivity index (χ1) is 12.2. The molecule has 0 spiro atoms. The number of methoxy groups -OCH3 is 1. The Morgan fingerprint density at radius 2 is 1.92 bits per heavy atom.